The number of carbonyl (C=O) groups is 2. The predicted octanol–water partition coefficient (Wildman–Crippen LogP) is 1.42. The predicted molar refractivity (Wildman–Crippen MR) is 102 cm³/mol. The highest BCUT2D eigenvalue weighted by molar-refractivity contribution is 5.97. The van der Waals surface area contributed by atoms with Crippen LogP contribution in [-0.2, 0) is 4.79 Å². The third-order valence-corrected chi connectivity index (χ3v) is 4.37. The number of para-hydroxylation sites is 1. The largest absolute Gasteiger partial charge is 0.550 e. The molecule has 150 valence electrons. The quantitative estimate of drug-likeness (QED) is 0.600. The van der Waals surface area contributed by atoms with Gasteiger partial charge >= 0.3 is 5.63 Å². The van der Waals surface area contributed by atoms with E-state index in [2.05, 4.69) is 5.32 Å². The van der Waals surface area contributed by atoms with Gasteiger partial charge in [0.15, 0.2) is 11.5 Å². The molecule has 0 aliphatic heterocycles. The van der Waals surface area contributed by atoms with Crippen LogP contribution >= 0.6 is 0 Å². The number of rotatable bonds is 7. The average molecular weight is 396 g/mol. The molecule has 1 atom stereocenters. The van der Waals surface area contributed by atoms with E-state index < -0.39 is 30.0 Å². The van der Waals surface area contributed by atoms with E-state index in [1.54, 1.807) is 42.5 Å². The van der Waals surface area contributed by atoms with Gasteiger partial charge in [-0.2, -0.15) is 0 Å². The molecular weight excluding hydrogens is 378 g/mol. The third-order valence-electron chi connectivity index (χ3n) is 4.37. The van der Waals surface area contributed by atoms with Crippen LogP contribution in [-0.4, -0.2) is 26.1 Å². The summed E-state index contributed by atoms with van der Waals surface area (Å²) in [5, 5.41) is 14.4. The molecule has 0 saturated carbocycles. The first-order chi connectivity index (χ1) is 13.9. The second kappa shape index (κ2) is 8.47. The number of carboxylic acids is 1. The highest BCUT2D eigenvalue weighted by Crippen LogP contribution is 2.31. The molecule has 0 saturated heterocycles. The standard InChI is InChI=1S/C21H19NO7/c1-27-17-8-7-12(10-18(17)28-2)15(11-19(23)24)22-20(25)14-9-13-5-3-4-6-16(13)29-21(14)26/h3-10,15H,11H2,1-2H3,(H,22,25)(H,23,24)/p-1. The first-order valence-corrected chi connectivity index (χ1v) is 8.68. The molecule has 0 aliphatic rings. The number of carboxylic acid groups (broad SMARTS) is 1. The lowest BCUT2D eigenvalue weighted by molar-refractivity contribution is -0.306. The number of fused-ring (bicyclic) bond motifs is 1. The fraction of sp³-hybridized carbons (Fsp3) is 0.190. The lowest BCUT2D eigenvalue weighted by Crippen LogP contribution is -2.36. The van der Waals surface area contributed by atoms with Gasteiger partial charge in [-0.1, -0.05) is 24.3 Å². The van der Waals surface area contributed by atoms with E-state index in [1.807, 2.05) is 0 Å². The first kappa shape index (κ1) is 19.9. The molecule has 1 unspecified atom stereocenters. The maximum atomic E-state index is 12.7. The maximum Gasteiger partial charge on any atom is 0.349 e. The molecule has 1 N–H and O–H groups in total. The zero-order valence-corrected chi connectivity index (χ0v) is 15.8. The summed E-state index contributed by atoms with van der Waals surface area (Å²) in [6, 6.07) is 11.9. The Balaban J connectivity index is 1.95. The summed E-state index contributed by atoms with van der Waals surface area (Å²) >= 11 is 0. The number of nitrogens with one attached hydrogen (secondary N) is 1. The molecule has 8 heteroatoms. The first-order valence-electron chi connectivity index (χ1n) is 8.68. The summed E-state index contributed by atoms with van der Waals surface area (Å²) in [5.41, 5.74) is -0.251. The van der Waals surface area contributed by atoms with Crippen molar-refractivity contribution in [3.63, 3.8) is 0 Å². The number of carbonyl (C=O) groups excluding carboxylic acids is 2. The molecule has 8 nitrogen and oxygen atoms in total. The SMILES string of the molecule is COc1ccc(C(CC(=O)[O-])NC(=O)c2cc3ccccc3oc2=O)cc1OC. The number of benzene rings is 2. The Morgan fingerprint density at radius 2 is 1.79 bits per heavy atom. The number of ether oxygens (including phenoxy) is 2. The van der Waals surface area contributed by atoms with Crippen molar-refractivity contribution in [3.05, 3.63) is 70.1 Å². The minimum absolute atomic E-state index is 0.229. The Morgan fingerprint density at radius 3 is 2.48 bits per heavy atom. The number of aliphatic carboxylic acids is 1. The van der Waals surface area contributed by atoms with Crippen molar-refractivity contribution in [2.75, 3.05) is 14.2 Å². The Kier molecular flexibility index (Phi) is 5.82. The van der Waals surface area contributed by atoms with Gasteiger partial charge in [0.2, 0.25) is 0 Å². The van der Waals surface area contributed by atoms with Gasteiger partial charge in [-0.3, -0.25) is 4.79 Å². The molecule has 0 aliphatic carbocycles. The molecule has 0 fully saturated rings. The monoisotopic (exact) mass is 396 g/mol. The van der Waals surface area contributed by atoms with Crippen LogP contribution in [0, 0.1) is 0 Å². The number of hydrogen-bond donors (Lipinski definition) is 1. The fourth-order valence-corrected chi connectivity index (χ4v) is 2.94. The summed E-state index contributed by atoms with van der Waals surface area (Å²) in [4.78, 5) is 36.1. The van der Waals surface area contributed by atoms with E-state index in [0.29, 0.717) is 28.0 Å². The number of amides is 1. The maximum absolute atomic E-state index is 12.7. The highest BCUT2D eigenvalue weighted by Gasteiger charge is 2.21. The van der Waals surface area contributed by atoms with Crippen LogP contribution in [0.3, 0.4) is 0 Å². The molecule has 1 aromatic heterocycles. The summed E-state index contributed by atoms with van der Waals surface area (Å²) in [7, 11) is 2.91. The van der Waals surface area contributed by atoms with Gasteiger partial charge in [-0.25, -0.2) is 4.79 Å². The van der Waals surface area contributed by atoms with Crippen molar-refractivity contribution in [2.24, 2.45) is 0 Å². The van der Waals surface area contributed by atoms with Crippen LogP contribution in [0.25, 0.3) is 11.0 Å². The van der Waals surface area contributed by atoms with Crippen molar-refractivity contribution in [2.45, 2.75) is 12.5 Å². The smallest absolute Gasteiger partial charge is 0.349 e. The van der Waals surface area contributed by atoms with E-state index in [-0.39, 0.29) is 5.56 Å². The number of methoxy groups -OCH3 is 2. The molecule has 3 rings (SSSR count). The van der Waals surface area contributed by atoms with Gasteiger partial charge in [0.25, 0.3) is 5.91 Å². The normalized spacial score (nSPS) is 11.7. The van der Waals surface area contributed by atoms with Crippen LogP contribution in [0.15, 0.2) is 57.7 Å². The second-order valence-corrected chi connectivity index (χ2v) is 6.20. The number of hydrogen-bond acceptors (Lipinski definition) is 7. The van der Waals surface area contributed by atoms with Gasteiger partial charge in [0.1, 0.15) is 11.1 Å². The van der Waals surface area contributed by atoms with Crippen LogP contribution < -0.4 is 25.5 Å². The Bertz CT molecular complexity index is 1120. The molecule has 2 aromatic carbocycles. The van der Waals surface area contributed by atoms with E-state index in [4.69, 9.17) is 13.9 Å². The fourth-order valence-electron chi connectivity index (χ4n) is 2.94. The molecule has 0 bridgehead atoms. The van der Waals surface area contributed by atoms with Gasteiger partial charge in [0, 0.05) is 17.8 Å². The van der Waals surface area contributed by atoms with Crippen LogP contribution in [0.5, 0.6) is 11.5 Å². The summed E-state index contributed by atoms with van der Waals surface area (Å²) in [6.07, 6.45) is -0.500. The van der Waals surface area contributed by atoms with Crippen molar-refractivity contribution in [1.82, 2.24) is 5.32 Å². The van der Waals surface area contributed by atoms with E-state index in [9.17, 15) is 19.5 Å². The average Bonchev–Trinajstić information content (AvgIpc) is 2.71. The van der Waals surface area contributed by atoms with Crippen molar-refractivity contribution >= 4 is 22.8 Å². The van der Waals surface area contributed by atoms with Crippen LogP contribution in [0.1, 0.15) is 28.4 Å². The van der Waals surface area contributed by atoms with E-state index in [1.165, 1.54) is 20.3 Å². The topological polar surface area (TPSA) is 118 Å². The highest BCUT2D eigenvalue weighted by atomic mass is 16.5. The minimum Gasteiger partial charge on any atom is -0.550 e. The zero-order chi connectivity index (χ0) is 21.0. The zero-order valence-electron chi connectivity index (χ0n) is 15.8. The van der Waals surface area contributed by atoms with E-state index >= 15 is 0 Å². The molecular formula is C21H18NO7-. The van der Waals surface area contributed by atoms with Gasteiger partial charge in [-0.05, 0) is 29.8 Å². The van der Waals surface area contributed by atoms with Crippen LogP contribution in [0.4, 0.5) is 0 Å². The van der Waals surface area contributed by atoms with Crippen LogP contribution in [0.2, 0.25) is 0 Å². The molecule has 1 heterocycles. The lowest BCUT2D eigenvalue weighted by Gasteiger charge is -2.21. The Hall–Kier alpha value is -3.81. The molecule has 1 amide bonds. The Labute approximate surface area is 165 Å². The lowest BCUT2D eigenvalue weighted by atomic mass is 10.0. The summed E-state index contributed by atoms with van der Waals surface area (Å²) in [6.45, 7) is 0. The third kappa shape index (κ3) is 4.37. The van der Waals surface area contributed by atoms with Gasteiger partial charge in [0.05, 0.1) is 20.3 Å². The van der Waals surface area contributed by atoms with Crippen molar-refractivity contribution in [1.29, 1.82) is 0 Å². The van der Waals surface area contributed by atoms with Crippen molar-refractivity contribution in [3.8, 4) is 11.5 Å². The molecule has 29 heavy (non-hydrogen) atoms. The molecule has 3 aromatic rings. The summed E-state index contributed by atoms with van der Waals surface area (Å²) in [5.74, 6) is -1.31. The molecule has 0 spiro atoms. The summed E-state index contributed by atoms with van der Waals surface area (Å²) < 4.78 is 15.6. The second-order valence-electron chi connectivity index (χ2n) is 6.20. The van der Waals surface area contributed by atoms with E-state index in [0.717, 1.165) is 0 Å². The van der Waals surface area contributed by atoms with Gasteiger partial charge < -0.3 is 29.1 Å². The van der Waals surface area contributed by atoms with Gasteiger partial charge in [-0.15, -0.1) is 0 Å². The van der Waals surface area contributed by atoms with Crippen molar-refractivity contribution < 1.29 is 28.6 Å². The molecule has 0 radical (unpaired) electrons. The minimum atomic E-state index is -1.37. The Morgan fingerprint density at radius 1 is 1.07 bits per heavy atom.